The highest BCUT2D eigenvalue weighted by Gasteiger charge is 2.19. The van der Waals surface area contributed by atoms with Crippen LogP contribution < -0.4 is 14.8 Å². The zero-order valence-corrected chi connectivity index (χ0v) is 12.2. The molecule has 4 rings (SSSR count). The average molecular weight is 289 g/mol. The molecule has 3 heteroatoms. The van der Waals surface area contributed by atoms with Crippen LogP contribution in [-0.2, 0) is 0 Å². The monoisotopic (exact) mass is 289 g/mol. The number of fused-ring (bicyclic) bond motifs is 2. The molecule has 1 heterocycles. The van der Waals surface area contributed by atoms with Crippen LogP contribution in [0.4, 0.5) is 11.4 Å². The van der Waals surface area contributed by atoms with Gasteiger partial charge in [-0.3, -0.25) is 0 Å². The highest BCUT2D eigenvalue weighted by atomic mass is 16.5. The van der Waals surface area contributed by atoms with Gasteiger partial charge in [0.25, 0.3) is 0 Å². The Labute approximate surface area is 129 Å². The summed E-state index contributed by atoms with van der Waals surface area (Å²) in [6.45, 7) is 0. The van der Waals surface area contributed by atoms with Crippen molar-refractivity contribution in [3.8, 4) is 28.4 Å². The second kappa shape index (κ2) is 5.11. The number of para-hydroxylation sites is 3. The van der Waals surface area contributed by atoms with Crippen molar-refractivity contribution in [1.29, 1.82) is 0 Å². The Hall–Kier alpha value is -2.94. The Morgan fingerprint density at radius 2 is 1.59 bits per heavy atom. The van der Waals surface area contributed by atoms with Gasteiger partial charge in [-0.2, -0.15) is 0 Å². The molecule has 0 bridgehead atoms. The molecule has 0 aliphatic carbocycles. The van der Waals surface area contributed by atoms with E-state index >= 15 is 0 Å². The predicted molar refractivity (Wildman–Crippen MR) is 88.2 cm³/mol. The zero-order chi connectivity index (χ0) is 14.9. The van der Waals surface area contributed by atoms with Crippen molar-refractivity contribution in [1.82, 2.24) is 0 Å². The van der Waals surface area contributed by atoms with Gasteiger partial charge < -0.3 is 14.8 Å². The van der Waals surface area contributed by atoms with Crippen LogP contribution in [0.1, 0.15) is 0 Å². The maximum absolute atomic E-state index is 6.00. The van der Waals surface area contributed by atoms with Crippen LogP contribution >= 0.6 is 0 Å². The molecule has 0 spiro atoms. The second-order valence-electron chi connectivity index (χ2n) is 5.13. The molecule has 3 aromatic carbocycles. The molecule has 22 heavy (non-hydrogen) atoms. The van der Waals surface area contributed by atoms with Gasteiger partial charge in [-0.25, -0.2) is 0 Å². The van der Waals surface area contributed by atoms with E-state index in [1.54, 1.807) is 7.11 Å². The smallest absolute Gasteiger partial charge is 0.151 e. The number of nitrogens with one attached hydrogen (secondary N) is 1. The Morgan fingerprint density at radius 1 is 0.818 bits per heavy atom. The number of methoxy groups -OCH3 is 1. The molecule has 0 fully saturated rings. The lowest BCUT2D eigenvalue weighted by Gasteiger charge is -2.24. The summed E-state index contributed by atoms with van der Waals surface area (Å²) in [5.41, 5.74) is 4.20. The lowest BCUT2D eigenvalue weighted by molar-refractivity contribution is 0.415. The van der Waals surface area contributed by atoms with Gasteiger partial charge in [0.15, 0.2) is 11.5 Å². The summed E-state index contributed by atoms with van der Waals surface area (Å²) in [4.78, 5) is 0. The van der Waals surface area contributed by atoms with E-state index in [0.29, 0.717) is 0 Å². The lowest BCUT2D eigenvalue weighted by atomic mass is 10.0. The first kappa shape index (κ1) is 12.8. The van der Waals surface area contributed by atoms with E-state index in [4.69, 9.17) is 9.47 Å². The third-order valence-corrected chi connectivity index (χ3v) is 3.79. The lowest BCUT2D eigenvalue weighted by Crippen LogP contribution is -2.03. The normalized spacial score (nSPS) is 11.7. The van der Waals surface area contributed by atoms with Gasteiger partial charge >= 0.3 is 0 Å². The molecule has 0 saturated carbocycles. The third-order valence-electron chi connectivity index (χ3n) is 3.79. The SMILES string of the molecule is COc1ccc(-c2cccc3c2Nc2ccccc2O3)cc1. The molecule has 0 amide bonds. The number of benzene rings is 3. The minimum absolute atomic E-state index is 0.840. The number of rotatable bonds is 2. The van der Waals surface area contributed by atoms with Gasteiger partial charge in [-0.15, -0.1) is 0 Å². The van der Waals surface area contributed by atoms with E-state index in [2.05, 4.69) is 23.5 Å². The number of hydrogen-bond acceptors (Lipinski definition) is 3. The molecule has 3 aromatic rings. The van der Waals surface area contributed by atoms with E-state index < -0.39 is 0 Å². The first-order valence-corrected chi connectivity index (χ1v) is 7.16. The molecule has 0 saturated heterocycles. The van der Waals surface area contributed by atoms with Crippen molar-refractivity contribution >= 4 is 11.4 Å². The maximum atomic E-state index is 6.00. The summed E-state index contributed by atoms with van der Waals surface area (Å²) in [5, 5.41) is 3.48. The summed E-state index contributed by atoms with van der Waals surface area (Å²) in [5.74, 6) is 2.54. The summed E-state index contributed by atoms with van der Waals surface area (Å²) < 4.78 is 11.2. The minimum atomic E-state index is 0.840. The van der Waals surface area contributed by atoms with Gasteiger partial charge in [-0.1, -0.05) is 36.4 Å². The van der Waals surface area contributed by atoms with E-state index in [0.717, 1.165) is 39.8 Å². The molecule has 0 unspecified atom stereocenters. The van der Waals surface area contributed by atoms with Crippen LogP contribution in [0.25, 0.3) is 11.1 Å². The molecular weight excluding hydrogens is 274 g/mol. The van der Waals surface area contributed by atoms with Crippen LogP contribution in [0.2, 0.25) is 0 Å². The Kier molecular flexibility index (Phi) is 2.97. The predicted octanol–water partition coefficient (Wildman–Crippen LogP) is 5.21. The van der Waals surface area contributed by atoms with Crippen molar-refractivity contribution in [2.75, 3.05) is 12.4 Å². The van der Waals surface area contributed by atoms with E-state index in [1.165, 1.54) is 0 Å². The molecule has 0 radical (unpaired) electrons. The molecule has 3 nitrogen and oxygen atoms in total. The van der Waals surface area contributed by atoms with Gasteiger partial charge in [0.05, 0.1) is 18.5 Å². The number of ether oxygens (including phenoxy) is 2. The fourth-order valence-corrected chi connectivity index (χ4v) is 2.67. The Bertz CT molecular complexity index is 825. The fraction of sp³-hybridized carbons (Fsp3) is 0.0526. The van der Waals surface area contributed by atoms with Crippen molar-refractivity contribution in [3.63, 3.8) is 0 Å². The van der Waals surface area contributed by atoms with Gasteiger partial charge in [0.1, 0.15) is 5.75 Å². The highest BCUT2D eigenvalue weighted by Crippen LogP contribution is 2.46. The van der Waals surface area contributed by atoms with E-state index in [1.807, 2.05) is 48.5 Å². The van der Waals surface area contributed by atoms with Crippen LogP contribution in [0.3, 0.4) is 0 Å². The Balaban J connectivity index is 1.80. The molecular formula is C19H15NO2. The maximum Gasteiger partial charge on any atom is 0.151 e. The molecule has 108 valence electrons. The molecule has 1 aliphatic rings. The van der Waals surface area contributed by atoms with E-state index in [9.17, 15) is 0 Å². The standard InChI is InChI=1S/C19H15NO2/c1-21-14-11-9-13(10-12-14)15-5-4-8-18-19(15)20-16-6-2-3-7-17(16)22-18/h2-12,20H,1H3. The van der Waals surface area contributed by atoms with Gasteiger partial charge in [0, 0.05) is 5.56 Å². The summed E-state index contributed by atoms with van der Waals surface area (Å²) in [6.07, 6.45) is 0. The Morgan fingerprint density at radius 3 is 2.41 bits per heavy atom. The average Bonchev–Trinajstić information content (AvgIpc) is 2.59. The quantitative estimate of drug-likeness (QED) is 0.549. The van der Waals surface area contributed by atoms with Gasteiger partial charge in [0.2, 0.25) is 0 Å². The van der Waals surface area contributed by atoms with Crippen molar-refractivity contribution in [3.05, 3.63) is 66.7 Å². The van der Waals surface area contributed by atoms with Crippen LogP contribution in [0.5, 0.6) is 17.2 Å². The van der Waals surface area contributed by atoms with Gasteiger partial charge in [-0.05, 0) is 35.9 Å². The number of hydrogen-bond donors (Lipinski definition) is 1. The van der Waals surface area contributed by atoms with E-state index in [-0.39, 0.29) is 0 Å². The zero-order valence-electron chi connectivity index (χ0n) is 12.2. The molecule has 1 N–H and O–H groups in total. The molecule has 1 aliphatic heterocycles. The van der Waals surface area contributed by atoms with Crippen molar-refractivity contribution < 1.29 is 9.47 Å². The topological polar surface area (TPSA) is 30.5 Å². The highest BCUT2D eigenvalue weighted by molar-refractivity contribution is 5.88. The first-order chi connectivity index (χ1) is 10.8. The van der Waals surface area contributed by atoms with Crippen LogP contribution in [0.15, 0.2) is 66.7 Å². The largest absolute Gasteiger partial charge is 0.497 e. The summed E-state index contributed by atoms with van der Waals surface area (Å²) in [7, 11) is 1.67. The first-order valence-electron chi connectivity index (χ1n) is 7.16. The fourth-order valence-electron chi connectivity index (χ4n) is 2.67. The molecule has 0 aromatic heterocycles. The molecule has 0 atom stereocenters. The number of anilines is 2. The van der Waals surface area contributed by atoms with Crippen LogP contribution in [0, 0.1) is 0 Å². The van der Waals surface area contributed by atoms with Crippen LogP contribution in [-0.4, -0.2) is 7.11 Å². The minimum Gasteiger partial charge on any atom is -0.497 e. The summed E-state index contributed by atoms with van der Waals surface area (Å²) in [6, 6.07) is 22.1. The summed E-state index contributed by atoms with van der Waals surface area (Å²) >= 11 is 0. The third kappa shape index (κ3) is 2.07. The van der Waals surface area contributed by atoms with Crippen molar-refractivity contribution in [2.24, 2.45) is 0 Å². The van der Waals surface area contributed by atoms with Crippen molar-refractivity contribution in [2.45, 2.75) is 0 Å². The second-order valence-corrected chi connectivity index (χ2v) is 5.13.